The van der Waals surface area contributed by atoms with E-state index in [0.29, 0.717) is 0 Å². The van der Waals surface area contributed by atoms with Crippen molar-refractivity contribution in [2.24, 2.45) is 7.05 Å². The summed E-state index contributed by atoms with van der Waals surface area (Å²) in [5.74, 6) is 0. The van der Waals surface area contributed by atoms with Gasteiger partial charge in [0.1, 0.15) is 0 Å². The highest BCUT2D eigenvalue weighted by atomic mass is 20.0. The van der Waals surface area contributed by atoms with E-state index < -0.39 is 0 Å². The zero-order chi connectivity index (χ0) is 12.0. The van der Waals surface area contributed by atoms with Gasteiger partial charge in [-0.3, -0.25) is 4.68 Å². The molecule has 0 unspecified atom stereocenters. The normalized spacial score (nSPS) is 6.86. The van der Waals surface area contributed by atoms with Crippen LogP contribution in [0.4, 0.5) is 27.4 Å². The van der Waals surface area contributed by atoms with Crippen molar-refractivity contribution >= 4 is 0 Å². The minimum Gasteiger partial charge on any atom is -0.276 e. The maximum absolute atomic E-state index is 8.00. The van der Waals surface area contributed by atoms with E-state index in [0.717, 1.165) is 6.42 Å². The fraction of sp³-hybridized carbons (Fsp3) is 0.500. The third-order valence-corrected chi connectivity index (χ3v) is 1.17. The molecular formula is C6H10F6N2. The van der Waals surface area contributed by atoms with Crippen LogP contribution >= 0.6 is 0 Å². The molecule has 0 spiro atoms. The number of rotatable bonds is 1. The third-order valence-electron chi connectivity index (χ3n) is 1.17. The molecule has 0 aliphatic heterocycles. The van der Waals surface area contributed by atoms with E-state index in [9.17, 15) is 0 Å². The first-order chi connectivity index (χ1) is 6.83. The Morgan fingerprint density at radius 3 is 1.71 bits per heavy atom. The lowest BCUT2D eigenvalue weighted by molar-refractivity contribution is 0.108. The Morgan fingerprint density at radius 1 is 1.14 bits per heavy atom. The van der Waals surface area contributed by atoms with Crippen molar-refractivity contribution in [2.75, 3.05) is 0 Å². The van der Waals surface area contributed by atoms with Crippen LogP contribution < -0.4 is 0 Å². The Bertz CT molecular complexity index is 181. The van der Waals surface area contributed by atoms with Gasteiger partial charge in [0.05, 0.1) is 6.20 Å². The summed E-state index contributed by atoms with van der Waals surface area (Å²) in [6.45, 7) is 2.12. The summed E-state index contributed by atoms with van der Waals surface area (Å²) in [5.41, 5.74) is 1.30. The lowest BCUT2D eigenvalue weighted by atomic mass is 10.3. The van der Waals surface area contributed by atoms with Gasteiger partial charge < -0.3 is 0 Å². The predicted octanol–water partition coefficient (Wildman–Crippen LogP) is 3.50. The Kier molecular flexibility index (Phi) is 23.5. The number of aryl methyl sites for hydroxylation is 2. The lowest BCUT2D eigenvalue weighted by Crippen LogP contribution is -1.84. The molecular weight excluding hydrogens is 214 g/mol. The average Bonchev–Trinajstić information content (AvgIpc) is 2.73. The van der Waals surface area contributed by atoms with Gasteiger partial charge in [0, 0.05) is 40.7 Å². The van der Waals surface area contributed by atoms with Gasteiger partial charge in [0.2, 0.25) is 0 Å². The average molecular weight is 224 g/mol. The van der Waals surface area contributed by atoms with Crippen LogP contribution in [0.15, 0.2) is 12.4 Å². The quantitative estimate of drug-likeness (QED) is 0.667. The molecule has 1 rings (SSSR count). The minimum atomic E-state index is 1.08. The van der Waals surface area contributed by atoms with E-state index in [1.807, 2.05) is 24.1 Å². The number of hydrogen-bond donors (Lipinski definition) is 0. The molecule has 86 valence electrons. The molecule has 0 saturated heterocycles. The van der Waals surface area contributed by atoms with Crippen molar-refractivity contribution in [3.8, 4) is 0 Å². The highest BCUT2D eigenvalue weighted by Crippen LogP contribution is 1.94. The molecule has 0 atom stereocenters. The molecule has 14 heavy (non-hydrogen) atoms. The first-order valence-electron chi connectivity index (χ1n) is 3.23. The van der Waals surface area contributed by atoms with Gasteiger partial charge in [-0.2, -0.15) is 5.10 Å². The molecule has 0 amide bonds. The predicted molar refractivity (Wildman–Crippen MR) is 39.2 cm³/mol. The number of nitrogens with zero attached hydrogens (tertiary/aromatic N) is 2. The minimum absolute atomic E-state index is 1.08. The molecule has 0 aromatic carbocycles. The van der Waals surface area contributed by atoms with Crippen LogP contribution in [-0.2, 0) is 13.5 Å². The SMILES string of the molecule is CCc1cnn(C)c1.FF.FF.FF. The molecule has 0 bridgehead atoms. The largest absolute Gasteiger partial charge is 0.276 e. The highest BCUT2D eigenvalue weighted by molar-refractivity contribution is 5.02. The zero-order valence-electron chi connectivity index (χ0n) is 7.52. The highest BCUT2D eigenvalue weighted by Gasteiger charge is 1.87. The molecule has 2 nitrogen and oxygen atoms in total. The maximum atomic E-state index is 8.00. The zero-order valence-corrected chi connectivity index (χ0v) is 7.52. The van der Waals surface area contributed by atoms with Crippen molar-refractivity contribution in [2.45, 2.75) is 13.3 Å². The monoisotopic (exact) mass is 224 g/mol. The van der Waals surface area contributed by atoms with Gasteiger partial charge in [-0.05, 0) is 12.0 Å². The van der Waals surface area contributed by atoms with Crippen LogP contribution in [0.5, 0.6) is 0 Å². The van der Waals surface area contributed by atoms with E-state index in [-0.39, 0.29) is 0 Å². The van der Waals surface area contributed by atoms with Gasteiger partial charge in [-0.15, -0.1) is 0 Å². The number of halogens is 6. The second-order valence-electron chi connectivity index (χ2n) is 1.88. The fourth-order valence-corrected chi connectivity index (χ4v) is 0.654. The van der Waals surface area contributed by atoms with Crippen LogP contribution in [0.25, 0.3) is 0 Å². The summed E-state index contributed by atoms with van der Waals surface area (Å²) >= 11 is 0. The van der Waals surface area contributed by atoms with E-state index in [2.05, 4.69) is 12.0 Å². The summed E-state index contributed by atoms with van der Waals surface area (Å²) in [7, 11) is 1.93. The van der Waals surface area contributed by atoms with E-state index >= 15 is 0 Å². The summed E-state index contributed by atoms with van der Waals surface area (Å²) in [5, 5.41) is 4.00. The number of hydrogen-bond acceptors (Lipinski definition) is 1. The molecule has 1 heterocycles. The van der Waals surface area contributed by atoms with E-state index in [1.54, 1.807) is 0 Å². The van der Waals surface area contributed by atoms with Crippen LogP contribution in [0.3, 0.4) is 0 Å². The van der Waals surface area contributed by atoms with Crippen LogP contribution in [0.2, 0.25) is 0 Å². The second-order valence-corrected chi connectivity index (χ2v) is 1.88. The summed E-state index contributed by atoms with van der Waals surface area (Å²) in [6, 6.07) is 0. The standard InChI is InChI=1S/C6H10N2.3F2/c1-3-6-4-7-8(2)5-6;3*1-2/h4-5H,3H2,1-2H3;;;. The Hall–Kier alpha value is -1.21. The Labute approximate surface area is 76.7 Å². The van der Waals surface area contributed by atoms with Gasteiger partial charge in [0.15, 0.2) is 0 Å². The third kappa shape index (κ3) is 10.8. The van der Waals surface area contributed by atoms with E-state index in [4.69, 9.17) is 27.4 Å². The molecule has 1 aromatic heterocycles. The molecule has 8 heteroatoms. The summed E-state index contributed by atoms with van der Waals surface area (Å²) in [6.07, 6.45) is 4.99. The Morgan fingerprint density at radius 2 is 1.57 bits per heavy atom. The van der Waals surface area contributed by atoms with Gasteiger partial charge >= 0.3 is 0 Å². The molecule has 0 saturated carbocycles. The van der Waals surface area contributed by atoms with Crippen molar-refractivity contribution in [3.05, 3.63) is 18.0 Å². The molecule has 1 aromatic rings. The summed E-state index contributed by atoms with van der Waals surface area (Å²) < 4.78 is 49.8. The van der Waals surface area contributed by atoms with Crippen molar-refractivity contribution in [1.29, 1.82) is 0 Å². The van der Waals surface area contributed by atoms with Crippen LogP contribution in [-0.4, -0.2) is 9.78 Å². The van der Waals surface area contributed by atoms with Gasteiger partial charge in [-0.1, -0.05) is 6.92 Å². The molecule has 0 fully saturated rings. The first kappa shape index (κ1) is 18.5. The van der Waals surface area contributed by atoms with Crippen molar-refractivity contribution in [3.63, 3.8) is 0 Å². The second kappa shape index (κ2) is 17.8. The smallest absolute Gasteiger partial charge is 0.0521 e. The Balaban J connectivity index is -0.000000174. The van der Waals surface area contributed by atoms with Crippen LogP contribution in [0, 0.1) is 0 Å². The molecule has 0 radical (unpaired) electrons. The van der Waals surface area contributed by atoms with Gasteiger partial charge in [0.25, 0.3) is 0 Å². The lowest BCUT2D eigenvalue weighted by Gasteiger charge is -1.81. The van der Waals surface area contributed by atoms with E-state index in [1.165, 1.54) is 5.56 Å². The fourth-order valence-electron chi connectivity index (χ4n) is 0.654. The number of aromatic nitrogens is 2. The van der Waals surface area contributed by atoms with Crippen LogP contribution in [0.1, 0.15) is 12.5 Å². The van der Waals surface area contributed by atoms with Gasteiger partial charge in [-0.25, -0.2) is 0 Å². The first-order valence-corrected chi connectivity index (χ1v) is 3.23. The molecule has 0 aliphatic carbocycles. The molecule has 0 N–H and O–H groups in total. The topological polar surface area (TPSA) is 17.8 Å². The maximum Gasteiger partial charge on any atom is 0.0521 e. The summed E-state index contributed by atoms with van der Waals surface area (Å²) in [4.78, 5) is 0. The molecule has 0 aliphatic rings. The van der Waals surface area contributed by atoms with Crippen molar-refractivity contribution < 1.29 is 27.4 Å². The van der Waals surface area contributed by atoms with Crippen molar-refractivity contribution in [1.82, 2.24) is 9.78 Å².